The molecule has 1 aromatic carbocycles. The molecule has 18 heavy (non-hydrogen) atoms. The van der Waals surface area contributed by atoms with E-state index in [4.69, 9.17) is 11.6 Å². The monoisotopic (exact) mass is 264 g/mol. The van der Waals surface area contributed by atoms with E-state index in [9.17, 15) is 9.59 Å². The quantitative estimate of drug-likeness (QED) is 0.788. The number of hydrogen-bond acceptors (Lipinski definition) is 2. The zero-order valence-electron chi connectivity index (χ0n) is 10.4. The Morgan fingerprint density at radius 1 is 1.11 bits per heavy atom. The predicted molar refractivity (Wildman–Crippen MR) is 71.8 cm³/mol. The third-order valence-electron chi connectivity index (χ3n) is 2.96. The zero-order chi connectivity index (χ0) is 13.4. The minimum Gasteiger partial charge on any atom is -0.301 e. The van der Waals surface area contributed by atoms with Gasteiger partial charge in [-0.05, 0) is 37.6 Å². The molecule has 0 unspecified atom stereocenters. The summed E-state index contributed by atoms with van der Waals surface area (Å²) in [5.41, 5.74) is 1.29. The summed E-state index contributed by atoms with van der Waals surface area (Å²) in [6.07, 6.45) is 0. The van der Waals surface area contributed by atoms with Crippen LogP contribution in [0.4, 0.5) is 0 Å². The smallest absolute Gasteiger partial charge is 0.301 e. The lowest BCUT2D eigenvalue weighted by Crippen LogP contribution is -2.38. The van der Waals surface area contributed by atoms with Crippen molar-refractivity contribution >= 4 is 11.6 Å². The highest BCUT2D eigenvalue weighted by Crippen LogP contribution is 2.17. The molecule has 0 spiro atoms. The first-order valence-corrected chi connectivity index (χ1v) is 5.86. The van der Waals surface area contributed by atoms with Crippen LogP contribution in [0.5, 0.6) is 0 Å². The molecule has 0 atom stereocenters. The van der Waals surface area contributed by atoms with Gasteiger partial charge in [-0.25, -0.2) is 9.36 Å². The minimum atomic E-state index is -0.360. The Morgan fingerprint density at radius 3 is 2.39 bits per heavy atom. The van der Waals surface area contributed by atoms with Gasteiger partial charge in [0.15, 0.2) is 0 Å². The first kappa shape index (κ1) is 12.6. The summed E-state index contributed by atoms with van der Waals surface area (Å²) in [6, 6.07) is 6.50. The van der Waals surface area contributed by atoms with Crippen molar-refractivity contribution in [1.29, 1.82) is 0 Å². The van der Waals surface area contributed by atoms with Crippen molar-refractivity contribution in [2.75, 3.05) is 0 Å². The zero-order valence-corrected chi connectivity index (χ0v) is 11.2. The van der Waals surface area contributed by atoms with Gasteiger partial charge in [0.05, 0.1) is 5.69 Å². The molecule has 0 fully saturated rings. The van der Waals surface area contributed by atoms with E-state index in [0.717, 1.165) is 10.1 Å². The summed E-state index contributed by atoms with van der Waals surface area (Å²) in [5, 5.41) is 0.607. The lowest BCUT2D eigenvalue weighted by atomic mass is 10.2. The molecule has 0 aliphatic rings. The molecule has 0 saturated heterocycles. The van der Waals surface area contributed by atoms with E-state index in [-0.39, 0.29) is 11.2 Å². The highest BCUT2D eigenvalue weighted by atomic mass is 35.5. The van der Waals surface area contributed by atoms with Crippen LogP contribution in [0.25, 0.3) is 5.69 Å². The lowest BCUT2D eigenvalue weighted by Gasteiger charge is -2.10. The van der Waals surface area contributed by atoms with Crippen LogP contribution >= 0.6 is 11.6 Å². The molecule has 0 saturated carbocycles. The van der Waals surface area contributed by atoms with Gasteiger partial charge < -0.3 is 4.57 Å². The second kappa shape index (κ2) is 4.46. The van der Waals surface area contributed by atoms with Gasteiger partial charge in [-0.3, -0.25) is 4.79 Å². The second-order valence-corrected chi connectivity index (χ2v) is 4.64. The number of rotatable bonds is 1. The standard InChI is InChI=1S/C13H13ClN2O2/c1-8-6-10(4-5-11(8)14)16-12(17)7-9(2)15(3)13(16)18/h4-7H,1-3H3. The maximum absolute atomic E-state index is 12.1. The number of benzene rings is 1. The Hall–Kier alpha value is -1.81. The van der Waals surface area contributed by atoms with Crippen LogP contribution in [-0.4, -0.2) is 9.13 Å². The molecule has 0 N–H and O–H groups in total. The number of hydrogen-bond donors (Lipinski definition) is 0. The molecule has 1 aromatic heterocycles. The molecule has 0 bridgehead atoms. The normalized spacial score (nSPS) is 10.7. The molecular formula is C13H13ClN2O2. The first-order chi connectivity index (χ1) is 8.41. The van der Waals surface area contributed by atoms with Crippen molar-refractivity contribution in [1.82, 2.24) is 9.13 Å². The summed E-state index contributed by atoms with van der Waals surface area (Å²) in [4.78, 5) is 24.0. The molecule has 0 aliphatic heterocycles. The van der Waals surface area contributed by atoms with E-state index < -0.39 is 0 Å². The molecule has 0 radical (unpaired) electrons. The van der Waals surface area contributed by atoms with Crippen molar-refractivity contribution in [3.63, 3.8) is 0 Å². The Bertz CT molecular complexity index is 729. The lowest BCUT2D eigenvalue weighted by molar-refractivity contribution is 0.713. The predicted octanol–water partition coefficient (Wildman–Crippen LogP) is 1.81. The van der Waals surface area contributed by atoms with Crippen molar-refractivity contribution in [3.05, 3.63) is 61.4 Å². The average molecular weight is 265 g/mol. The van der Waals surface area contributed by atoms with Crippen LogP contribution in [-0.2, 0) is 7.05 Å². The van der Waals surface area contributed by atoms with E-state index in [2.05, 4.69) is 0 Å². The molecule has 0 aliphatic carbocycles. The van der Waals surface area contributed by atoms with Crippen molar-refractivity contribution < 1.29 is 0 Å². The molecule has 4 nitrogen and oxygen atoms in total. The highest BCUT2D eigenvalue weighted by molar-refractivity contribution is 6.31. The summed E-state index contributed by atoms with van der Waals surface area (Å²) in [7, 11) is 1.64. The topological polar surface area (TPSA) is 44.0 Å². The number of aryl methyl sites for hydroxylation is 2. The van der Waals surface area contributed by atoms with Crippen LogP contribution in [0.15, 0.2) is 33.9 Å². The Balaban J connectivity index is 2.80. The van der Waals surface area contributed by atoms with Crippen LogP contribution in [0.2, 0.25) is 5.02 Å². The van der Waals surface area contributed by atoms with Gasteiger partial charge in [-0.1, -0.05) is 11.6 Å². The Kier molecular flexibility index (Phi) is 3.13. The van der Waals surface area contributed by atoms with Gasteiger partial charge >= 0.3 is 5.69 Å². The molecule has 1 heterocycles. The van der Waals surface area contributed by atoms with E-state index in [0.29, 0.717) is 16.4 Å². The van der Waals surface area contributed by atoms with Gasteiger partial charge in [0.1, 0.15) is 0 Å². The number of nitrogens with zero attached hydrogens (tertiary/aromatic N) is 2. The summed E-state index contributed by atoms with van der Waals surface area (Å²) >= 11 is 5.93. The first-order valence-electron chi connectivity index (χ1n) is 5.48. The van der Waals surface area contributed by atoms with Gasteiger partial charge in [0.2, 0.25) is 0 Å². The largest absolute Gasteiger partial charge is 0.335 e. The average Bonchev–Trinajstić information content (AvgIpc) is 2.31. The van der Waals surface area contributed by atoms with E-state index in [1.807, 2.05) is 6.92 Å². The van der Waals surface area contributed by atoms with Crippen LogP contribution in [0.1, 0.15) is 11.3 Å². The van der Waals surface area contributed by atoms with E-state index in [1.165, 1.54) is 10.6 Å². The third kappa shape index (κ3) is 1.99. The SMILES string of the molecule is Cc1cc(-n2c(=O)cc(C)n(C)c2=O)ccc1Cl. The van der Waals surface area contributed by atoms with Gasteiger partial charge in [0.25, 0.3) is 5.56 Å². The minimum absolute atomic E-state index is 0.336. The van der Waals surface area contributed by atoms with Crippen molar-refractivity contribution in [2.24, 2.45) is 7.05 Å². The molecule has 2 rings (SSSR count). The van der Waals surface area contributed by atoms with Crippen LogP contribution < -0.4 is 11.2 Å². The fraction of sp³-hybridized carbons (Fsp3) is 0.231. The summed E-state index contributed by atoms with van der Waals surface area (Å²) in [6.45, 7) is 3.55. The fourth-order valence-corrected chi connectivity index (χ4v) is 1.86. The van der Waals surface area contributed by atoms with Crippen molar-refractivity contribution in [3.8, 4) is 5.69 Å². The molecular weight excluding hydrogens is 252 g/mol. The maximum Gasteiger partial charge on any atom is 0.335 e. The third-order valence-corrected chi connectivity index (χ3v) is 3.38. The van der Waals surface area contributed by atoms with Crippen LogP contribution in [0.3, 0.4) is 0 Å². The summed E-state index contributed by atoms with van der Waals surface area (Å²) < 4.78 is 2.57. The summed E-state index contributed by atoms with van der Waals surface area (Å²) in [5.74, 6) is 0. The fourth-order valence-electron chi connectivity index (χ4n) is 1.74. The number of halogens is 1. The molecule has 2 aromatic rings. The van der Waals surface area contributed by atoms with Crippen molar-refractivity contribution in [2.45, 2.75) is 13.8 Å². The Labute approximate surface area is 109 Å². The van der Waals surface area contributed by atoms with Crippen LogP contribution in [0, 0.1) is 13.8 Å². The van der Waals surface area contributed by atoms with E-state index >= 15 is 0 Å². The molecule has 5 heteroatoms. The maximum atomic E-state index is 12.1. The second-order valence-electron chi connectivity index (χ2n) is 4.23. The molecule has 0 amide bonds. The highest BCUT2D eigenvalue weighted by Gasteiger charge is 2.09. The van der Waals surface area contributed by atoms with E-state index in [1.54, 1.807) is 32.2 Å². The molecule has 94 valence electrons. The number of aromatic nitrogens is 2. The van der Waals surface area contributed by atoms with Gasteiger partial charge in [-0.15, -0.1) is 0 Å². The Morgan fingerprint density at radius 2 is 1.78 bits per heavy atom. The van der Waals surface area contributed by atoms with Gasteiger partial charge in [0, 0.05) is 23.8 Å². The van der Waals surface area contributed by atoms with Gasteiger partial charge in [-0.2, -0.15) is 0 Å².